The van der Waals surface area contributed by atoms with E-state index in [0.717, 1.165) is 0 Å². The van der Waals surface area contributed by atoms with Gasteiger partial charge >= 0.3 is 0 Å². The van der Waals surface area contributed by atoms with Crippen molar-refractivity contribution in [1.82, 2.24) is 5.32 Å². The maximum absolute atomic E-state index is 13.2. The molecular weight excluding hydrogens is 379 g/mol. The number of ether oxygens (including phenoxy) is 1. The summed E-state index contributed by atoms with van der Waals surface area (Å²) in [7, 11) is 0. The van der Waals surface area contributed by atoms with E-state index in [1.54, 1.807) is 24.3 Å². The average molecular weight is 398 g/mol. The van der Waals surface area contributed by atoms with Gasteiger partial charge in [-0.2, -0.15) is 0 Å². The zero-order valence-electron chi connectivity index (χ0n) is 15.4. The first-order chi connectivity index (χ1) is 13.3. The molecule has 1 saturated heterocycles. The van der Waals surface area contributed by atoms with E-state index in [1.165, 1.54) is 35.2 Å². The van der Waals surface area contributed by atoms with Crippen molar-refractivity contribution in [3.05, 3.63) is 65.5 Å². The van der Waals surface area contributed by atoms with Crippen LogP contribution in [0.2, 0.25) is 0 Å². The van der Waals surface area contributed by atoms with E-state index in [0.29, 0.717) is 29.5 Å². The lowest BCUT2D eigenvalue weighted by atomic mass is 10.1. The van der Waals surface area contributed by atoms with E-state index in [1.807, 2.05) is 0 Å². The second kappa shape index (κ2) is 8.31. The molecule has 28 heavy (non-hydrogen) atoms. The lowest BCUT2D eigenvalue weighted by molar-refractivity contribution is -0.122. The fraction of sp³-hybridized carbons (Fsp3) is 0.190. The van der Waals surface area contributed by atoms with E-state index in [-0.39, 0.29) is 10.7 Å². The summed E-state index contributed by atoms with van der Waals surface area (Å²) in [5.74, 6) is -0.455. The van der Waals surface area contributed by atoms with Crippen LogP contribution in [0.25, 0.3) is 6.08 Å². The predicted octanol–water partition coefficient (Wildman–Crippen LogP) is 3.69. The molecule has 1 aliphatic rings. The van der Waals surface area contributed by atoms with Crippen molar-refractivity contribution in [2.45, 2.75) is 13.8 Å². The molecule has 0 atom stereocenters. The van der Waals surface area contributed by atoms with Crippen molar-refractivity contribution >= 4 is 40.9 Å². The van der Waals surface area contributed by atoms with Gasteiger partial charge in [-0.3, -0.25) is 19.8 Å². The molecular formula is C21H19FN2O3S. The molecule has 2 aromatic rings. The van der Waals surface area contributed by atoms with Gasteiger partial charge in [0.25, 0.3) is 11.8 Å². The number of rotatable bonds is 5. The summed E-state index contributed by atoms with van der Waals surface area (Å²) in [6.45, 7) is 4.72. The molecule has 2 amide bonds. The molecule has 0 unspecified atom stereocenters. The van der Waals surface area contributed by atoms with Gasteiger partial charge in [0.15, 0.2) is 5.11 Å². The van der Waals surface area contributed by atoms with Crippen molar-refractivity contribution < 1.29 is 18.7 Å². The van der Waals surface area contributed by atoms with Crippen LogP contribution < -0.4 is 15.0 Å². The fourth-order valence-corrected chi connectivity index (χ4v) is 2.85. The molecule has 0 aliphatic carbocycles. The predicted molar refractivity (Wildman–Crippen MR) is 109 cm³/mol. The molecule has 1 aliphatic heterocycles. The molecule has 3 rings (SSSR count). The number of nitrogens with one attached hydrogen (secondary N) is 1. The third kappa shape index (κ3) is 4.43. The highest BCUT2D eigenvalue weighted by Crippen LogP contribution is 2.23. The van der Waals surface area contributed by atoms with Crippen LogP contribution in [-0.2, 0) is 9.59 Å². The highest BCUT2D eigenvalue weighted by molar-refractivity contribution is 7.80. The summed E-state index contributed by atoms with van der Waals surface area (Å²) < 4.78 is 18.8. The number of benzene rings is 2. The Morgan fingerprint density at radius 2 is 1.75 bits per heavy atom. The van der Waals surface area contributed by atoms with Crippen molar-refractivity contribution in [3.63, 3.8) is 0 Å². The van der Waals surface area contributed by atoms with Gasteiger partial charge in [0.2, 0.25) is 0 Å². The van der Waals surface area contributed by atoms with Crippen LogP contribution in [0, 0.1) is 11.7 Å². The second-order valence-corrected chi connectivity index (χ2v) is 7.09. The van der Waals surface area contributed by atoms with Gasteiger partial charge in [0.05, 0.1) is 12.3 Å². The number of hydrogen-bond donors (Lipinski definition) is 1. The fourth-order valence-electron chi connectivity index (χ4n) is 2.57. The van der Waals surface area contributed by atoms with Crippen molar-refractivity contribution in [1.29, 1.82) is 0 Å². The molecule has 2 aromatic carbocycles. The first kappa shape index (κ1) is 19.7. The Morgan fingerprint density at radius 1 is 1.11 bits per heavy atom. The molecule has 5 nitrogen and oxygen atoms in total. The van der Waals surface area contributed by atoms with E-state index >= 15 is 0 Å². The Labute approximate surface area is 167 Å². The standard InChI is InChI=1S/C21H19FN2O3S/c1-13(2)12-27-17-9-3-14(4-10-17)11-18-19(25)23-21(28)24(20(18)26)16-7-5-15(22)6-8-16/h3-11,13H,12H2,1-2H3,(H,23,25,28). The number of anilines is 1. The Hall–Kier alpha value is -3.06. The minimum Gasteiger partial charge on any atom is -0.493 e. The molecule has 0 spiro atoms. The maximum Gasteiger partial charge on any atom is 0.270 e. The SMILES string of the molecule is CC(C)COc1ccc(C=C2C(=O)NC(=S)N(c3ccc(F)cc3)C2=O)cc1. The molecule has 144 valence electrons. The largest absolute Gasteiger partial charge is 0.493 e. The smallest absolute Gasteiger partial charge is 0.270 e. The van der Waals surface area contributed by atoms with Crippen LogP contribution in [0.1, 0.15) is 19.4 Å². The van der Waals surface area contributed by atoms with Crippen molar-refractivity contribution in [3.8, 4) is 5.75 Å². The number of thiocarbonyl (C=S) groups is 1. The van der Waals surface area contributed by atoms with Gasteiger partial charge in [-0.25, -0.2) is 4.39 Å². The number of carbonyl (C=O) groups is 2. The summed E-state index contributed by atoms with van der Waals surface area (Å²) in [4.78, 5) is 26.3. The zero-order chi connectivity index (χ0) is 20.3. The quantitative estimate of drug-likeness (QED) is 0.474. The summed E-state index contributed by atoms with van der Waals surface area (Å²) in [6.07, 6.45) is 1.49. The summed E-state index contributed by atoms with van der Waals surface area (Å²) >= 11 is 5.12. The molecule has 0 bridgehead atoms. The van der Waals surface area contributed by atoms with Crippen LogP contribution in [0.5, 0.6) is 5.75 Å². The van der Waals surface area contributed by atoms with E-state index < -0.39 is 17.6 Å². The molecule has 7 heteroatoms. The molecule has 1 heterocycles. The van der Waals surface area contributed by atoms with Gasteiger partial charge in [-0.05, 0) is 66.2 Å². The summed E-state index contributed by atoms with van der Waals surface area (Å²) in [5, 5.41) is 2.45. The molecule has 1 fully saturated rings. The molecule has 0 saturated carbocycles. The summed E-state index contributed by atoms with van der Waals surface area (Å²) in [5.41, 5.74) is 0.982. The van der Waals surface area contributed by atoms with Crippen molar-refractivity contribution in [2.24, 2.45) is 5.92 Å². The highest BCUT2D eigenvalue weighted by atomic mass is 32.1. The van der Waals surface area contributed by atoms with Crippen LogP contribution in [0.15, 0.2) is 54.1 Å². The maximum atomic E-state index is 13.2. The monoisotopic (exact) mass is 398 g/mol. The Morgan fingerprint density at radius 3 is 2.36 bits per heavy atom. The Bertz CT molecular complexity index is 937. The summed E-state index contributed by atoms with van der Waals surface area (Å²) in [6, 6.07) is 12.4. The normalized spacial score (nSPS) is 15.9. The molecule has 0 radical (unpaired) electrons. The second-order valence-electron chi connectivity index (χ2n) is 6.71. The number of hydrogen-bond acceptors (Lipinski definition) is 4. The average Bonchev–Trinajstić information content (AvgIpc) is 2.66. The highest BCUT2D eigenvalue weighted by Gasteiger charge is 2.34. The van der Waals surface area contributed by atoms with Gasteiger partial charge < -0.3 is 4.74 Å². The van der Waals surface area contributed by atoms with Crippen LogP contribution in [0.4, 0.5) is 10.1 Å². The van der Waals surface area contributed by atoms with Crippen LogP contribution in [0.3, 0.4) is 0 Å². The molecule has 1 N–H and O–H groups in total. The van der Waals surface area contributed by atoms with Gasteiger partial charge in [0, 0.05) is 0 Å². The van der Waals surface area contributed by atoms with E-state index in [2.05, 4.69) is 19.2 Å². The third-order valence-corrected chi connectivity index (χ3v) is 4.25. The minimum atomic E-state index is -0.575. The number of halogens is 1. The lowest BCUT2D eigenvalue weighted by Crippen LogP contribution is -2.54. The first-order valence-corrected chi connectivity index (χ1v) is 9.16. The van der Waals surface area contributed by atoms with E-state index in [9.17, 15) is 14.0 Å². The Balaban J connectivity index is 1.85. The van der Waals surface area contributed by atoms with E-state index in [4.69, 9.17) is 17.0 Å². The number of amides is 2. The van der Waals surface area contributed by atoms with Gasteiger partial charge in [0.1, 0.15) is 17.1 Å². The van der Waals surface area contributed by atoms with Gasteiger partial charge in [-0.15, -0.1) is 0 Å². The van der Waals surface area contributed by atoms with Crippen LogP contribution >= 0.6 is 12.2 Å². The third-order valence-electron chi connectivity index (χ3n) is 3.96. The van der Waals surface area contributed by atoms with Crippen LogP contribution in [-0.4, -0.2) is 23.5 Å². The molecule has 0 aromatic heterocycles. The minimum absolute atomic E-state index is 0.0452. The first-order valence-electron chi connectivity index (χ1n) is 8.75. The number of nitrogens with zero attached hydrogens (tertiary/aromatic N) is 1. The topological polar surface area (TPSA) is 58.6 Å². The lowest BCUT2D eigenvalue weighted by Gasteiger charge is -2.28. The zero-order valence-corrected chi connectivity index (χ0v) is 16.3. The van der Waals surface area contributed by atoms with Crippen molar-refractivity contribution in [2.75, 3.05) is 11.5 Å². The number of carbonyl (C=O) groups excluding carboxylic acids is 2. The van der Waals surface area contributed by atoms with Gasteiger partial charge in [-0.1, -0.05) is 26.0 Å². The Kier molecular flexibility index (Phi) is 5.84.